The first-order chi connectivity index (χ1) is 10.7. The lowest BCUT2D eigenvalue weighted by molar-refractivity contribution is -0.116. The number of ether oxygens (including phenoxy) is 1. The summed E-state index contributed by atoms with van der Waals surface area (Å²) in [4.78, 5) is 17.6. The van der Waals surface area contributed by atoms with Crippen molar-refractivity contribution in [2.24, 2.45) is 0 Å². The van der Waals surface area contributed by atoms with E-state index in [1.54, 1.807) is 11.3 Å². The minimum Gasteiger partial charge on any atom is -0.494 e. The molecule has 114 valence electrons. The van der Waals surface area contributed by atoms with Crippen LogP contribution in [0.3, 0.4) is 0 Å². The number of hydrogen-bond donors (Lipinski definition) is 1. The number of nitrogens with one attached hydrogen (secondary N) is 1. The van der Waals surface area contributed by atoms with Crippen molar-refractivity contribution in [1.29, 1.82) is 0 Å². The van der Waals surface area contributed by atoms with Gasteiger partial charge in [0.05, 0.1) is 16.8 Å². The summed E-state index contributed by atoms with van der Waals surface area (Å²) in [7, 11) is 0. The molecule has 0 bridgehead atoms. The molecular formula is C16H16N2O2S2. The van der Waals surface area contributed by atoms with Crippen molar-refractivity contribution < 1.29 is 9.53 Å². The van der Waals surface area contributed by atoms with Crippen molar-refractivity contribution in [3.8, 4) is 5.75 Å². The molecule has 0 saturated heterocycles. The van der Waals surface area contributed by atoms with Gasteiger partial charge < -0.3 is 10.1 Å². The van der Waals surface area contributed by atoms with Gasteiger partial charge in [-0.1, -0.05) is 17.4 Å². The highest BCUT2D eigenvalue weighted by molar-refractivity contribution is 7.22. The molecule has 0 atom stereocenters. The van der Waals surface area contributed by atoms with Gasteiger partial charge in [0.15, 0.2) is 5.13 Å². The number of aromatic nitrogens is 1. The van der Waals surface area contributed by atoms with Crippen LogP contribution in [0, 0.1) is 0 Å². The van der Waals surface area contributed by atoms with E-state index in [0.29, 0.717) is 18.2 Å². The normalized spacial score (nSPS) is 10.8. The third-order valence-corrected chi connectivity index (χ3v) is 4.97. The topological polar surface area (TPSA) is 51.2 Å². The van der Waals surface area contributed by atoms with Gasteiger partial charge in [0.1, 0.15) is 5.75 Å². The Morgan fingerprint density at radius 1 is 1.36 bits per heavy atom. The van der Waals surface area contributed by atoms with Crippen LogP contribution in [-0.4, -0.2) is 17.5 Å². The fourth-order valence-corrected chi connectivity index (χ4v) is 3.71. The molecule has 0 aliphatic carbocycles. The van der Waals surface area contributed by atoms with Gasteiger partial charge in [-0.25, -0.2) is 4.98 Å². The Hall–Kier alpha value is -1.92. The summed E-state index contributed by atoms with van der Waals surface area (Å²) in [5.41, 5.74) is 0.877. The lowest BCUT2D eigenvalue weighted by atomic mass is 10.2. The Morgan fingerprint density at radius 2 is 2.27 bits per heavy atom. The number of thiazole rings is 1. The van der Waals surface area contributed by atoms with E-state index in [-0.39, 0.29) is 5.91 Å². The van der Waals surface area contributed by atoms with Crippen LogP contribution in [0.25, 0.3) is 10.2 Å². The maximum atomic E-state index is 12.0. The third kappa shape index (κ3) is 3.64. The minimum atomic E-state index is -0.00233. The molecule has 1 amide bonds. The van der Waals surface area contributed by atoms with Crippen LogP contribution >= 0.6 is 22.7 Å². The van der Waals surface area contributed by atoms with Gasteiger partial charge in [0.2, 0.25) is 5.91 Å². The van der Waals surface area contributed by atoms with E-state index in [9.17, 15) is 4.79 Å². The summed E-state index contributed by atoms with van der Waals surface area (Å²) in [6, 6.07) is 9.82. The first-order valence-electron chi connectivity index (χ1n) is 7.10. The highest BCUT2D eigenvalue weighted by atomic mass is 32.1. The first kappa shape index (κ1) is 15.0. The molecule has 0 fully saturated rings. The number of carbonyl (C=O) groups is 1. The number of benzene rings is 1. The summed E-state index contributed by atoms with van der Waals surface area (Å²) < 4.78 is 6.49. The number of thiophene rings is 1. The van der Waals surface area contributed by atoms with E-state index in [2.05, 4.69) is 10.3 Å². The minimum absolute atomic E-state index is 0.00233. The van der Waals surface area contributed by atoms with E-state index >= 15 is 0 Å². The largest absolute Gasteiger partial charge is 0.494 e. The Morgan fingerprint density at radius 3 is 3.05 bits per heavy atom. The van der Waals surface area contributed by atoms with Crippen LogP contribution in [0.4, 0.5) is 5.13 Å². The SMILES string of the molecule is CCOc1ccc2nc(NC(=O)CCc3cccs3)sc2c1. The number of amides is 1. The molecule has 4 nitrogen and oxygen atoms in total. The van der Waals surface area contributed by atoms with E-state index < -0.39 is 0 Å². The van der Waals surface area contributed by atoms with Crippen molar-refractivity contribution in [1.82, 2.24) is 4.98 Å². The zero-order chi connectivity index (χ0) is 15.4. The van der Waals surface area contributed by atoms with Gasteiger partial charge in [-0.05, 0) is 43.0 Å². The number of nitrogens with zero attached hydrogens (tertiary/aromatic N) is 1. The quantitative estimate of drug-likeness (QED) is 0.731. The van der Waals surface area contributed by atoms with E-state index in [1.165, 1.54) is 16.2 Å². The van der Waals surface area contributed by atoms with Crippen LogP contribution in [-0.2, 0) is 11.2 Å². The maximum absolute atomic E-state index is 12.0. The van der Waals surface area contributed by atoms with Crippen LogP contribution < -0.4 is 10.1 Å². The Bertz CT molecular complexity index is 766. The van der Waals surface area contributed by atoms with Gasteiger partial charge in [0, 0.05) is 11.3 Å². The van der Waals surface area contributed by atoms with Crippen LogP contribution in [0.1, 0.15) is 18.2 Å². The smallest absolute Gasteiger partial charge is 0.226 e. The number of fused-ring (bicyclic) bond motifs is 1. The number of rotatable bonds is 6. The zero-order valence-corrected chi connectivity index (χ0v) is 13.8. The second-order valence-electron chi connectivity index (χ2n) is 4.71. The molecule has 0 saturated carbocycles. The highest BCUT2D eigenvalue weighted by Crippen LogP contribution is 2.29. The van der Waals surface area contributed by atoms with Gasteiger partial charge in [-0.3, -0.25) is 4.79 Å². The average Bonchev–Trinajstić information content (AvgIpc) is 3.13. The molecule has 0 aliphatic heterocycles. The third-order valence-electron chi connectivity index (χ3n) is 3.10. The molecule has 2 aromatic heterocycles. The molecule has 0 aliphatic rings. The van der Waals surface area contributed by atoms with E-state index in [1.807, 2.05) is 42.6 Å². The standard InChI is InChI=1S/C16H16N2O2S2/c1-2-20-11-5-7-13-14(10-11)22-16(17-13)18-15(19)8-6-12-4-3-9-21-12/h3-5,7,9-10H,2,6,8H2,1H3,(H,17,18,19). The first-order valence-corrected chi connectivity index (χ1v) is 8.80. The number of anilines is 1. The highest BCUT2D eigenvalue weighted by Gasteiger charge is 2.09. The summed E-state index contributed by atoms with van der Waals surface area (Å²) in [6.07, 6.45) is 1.24. The van der Waals surface area contributed by atoms with Crippen molar-refractivity contribution in [3.05, 3.63) is 40.6 Å². The predicted molar refractivity (Wildman–Crippen MR) is 92.1 cm³/mol. The molecule has 1 N–H and O–H groups in total. The second-order valence-corrected chi connectivity index (χ2v) is 6.77. The second kappa shape index (κ2) is 6.89. The average molecular weight is 332 g/mol. The van der Waals surface area contributed by atoms with E-state index in [0.717, 1.165) is 22.4 Å². The fraction of sp³-hybridized carbons (Fsp3) is 0.250. The molecular weight excluding hydrogens is 316 g/mol. The summed E-state index contributed by atoms with van der Waals surface area (Å²) >= 11 is 3.14. The molecule has 3 rings (SSSR count). The monoisotopic (exact) mass is 332 g/mol. The molecule has 22 heavy (non-hydrogen) atoms. The van der Waals surface area contributed by atoms with Crippen molar-refractivity contribution in [3.63, 3.8) is 0 Å². The summed E-state index contributed by atoms with van der Waals surface area (Å²) in [5.74, 6) is 0.826. The lowest BCUT2D eigenvalue weighted by Gasteiger charge is -2.00. The molecule has 0 radical (unpaired) electrons. The summed E-state index contributed by atoms with van der Waals surface area (Å²) in [5, 5.41) is 5.54. The van der Waals surface area contributed by atoms with Crippen LogP contribution in [0.5, 0.6) is 5.75 Å². The summed E-state index contributed by atoms with van der Waals surface area (Å²) in [6.45, 7) is 2.59. The van der Waals surface area contributed by atoms with Crippen molar-refractivity contribution in [2.45, 2.75) is 19.8 Å². The van der Waals surface area contributed by atoms with Gasteiger partial charge in [0.25, 0.3) is 0 Å². The molecule has 6 heteroatoms. The van der Waals surface area contributed by atoms with E-state index in [4.69, 9.17) is 4.74 Å². The van der Waals surface area contributed by atoms with Gasteiger partial charge in [-0.15, -0.1) is 11.3 Å². The molecule has 2 heterocycles. The number of carbonyl (C=O) groups excluding carboxylic acids is 1. The number of aryl methyl sites for hydroxylation is 1. The van der Waals surface area contributed by atoms with Gasteiger partial charge in [-0.2, -0.15) is 0 Å². The molecule has 0 spiro atoms. The van der Waals surface area contributed by atoms with Crippen molar-refractivity contribution in [2.75, 3.05) is 11.9 Å². The molecule has 0 unspecified atom stereocenters. The maximum Gasteiger partial charge on any atom is 0.226 e. The molecule has 3 aromatic rings. The number of hydrogen-bond acceptors (Lipinski definition) is 5. The molecule has 1 aromatic carbocycles. The predicted octanol–water partition coefficient (Wildman–Crippen LogP) is 4.33. The lowest BCUT2D eigenvalue weighted by Crippen LogP contribution is -2.11. The Balaban J connectivity index is 1.64. The Kier molecular flexibility index (Phi) is 4.70. The fourth-order valence-electron chi connectivity index (χ4n) is 2.09. The van der Waals surface area contributed by atoms with Gasteiger partial charge >= 0.3 is 0 Å². The zero-order valence-electron chi connectivity index (χ0n) is 12.2. The Labute approximate surface area is 136 Å². The van der Waals surface area contributed by atoms with Crippen LogP contribution in [0.15, 0.2) is 35.7 Å². The van der Waals surface area contributed by atoms with Crippen LogP contribution in [0.2, 0.25) is 0 Å². The van der Waals surface area contributed by atoms with Crippen molar-refractivity contribution >= 4 is 43.9 Å².